The van der Waals surface area contributed by atoms with E-state index in [4.69, 9.17) is 4.74 Å². The minimum absolute atomic E-state index is 0.408. The molecular formula is C19H21BrN2O2. The first-order chi connectivity index (χ1) is 11.3. The number of pyridine rings is 1. The van der Waals surface area contributed by atoms with Gasteiger partial charge in [0.1, 0.15) is 10.2 Å². The van der Waals surface area contributed by atoms with Crippen LogP contribution in [0, 0.1) is 0 Å². The number of alkyl carbamates (subject to hydrolysis) is 1. The van der Waals surface area contributed by atoms with Crippen LogP contribution in [0.3, 0.4) is 0 Å². The molecule has 24 heavy (non-hydrogen) atoms. The molecule has 2 aromatic rings. The Morgan fingerprint density at radius 3 is 2.33 bits per heavy atom. The Hall–Kier alpha value is -2.14. The zero-order valence-corrected chi connectivity index (χ0v) is 15.6. The molecule has 1 N–H and O–H groups in total. The molecule has 1 aromatic heterocycles. The topological polar surface area (TPSA) is 51.2 Å². The third-order valence-corrected chi connectivity index (χ3v) is 3.50. The molecule has 0 bridgehead atoms. The van der Waals surface area contributed by atoms with Crippen molar-refractivity contribution < 1.29 is 9.53 Å². The highest BCUT2D eigenvalue weighted by Gasteiger charge is 2.15. The van der Waals surface area contributed by atoms with E-state index in [1.165, 1.54) is 0 Å². The smallest absolute Gasteiger partial charge is 0.407 e. The highest BCUT2D eigenvalue weighted by atomic mass is 79.9. The lowest BCUT2D eigenvalue weighted by Crippen LogP contribution is -2.32. The summed E-state index contributed by atoms with van der Waals surface area (Å²) in [7, 11) is 0. The molecular weight excluding hydrogens is 368 g/mol. The van der Waals surface area contributed by atoms with Crippen molar-refractivity contribution in [1.29, 1.82) is 0 Å². The van der Waals surface area contributed by atoms with E-state index in [2.05, 4.69) is 26.2 Å². The number of hydrogen-bond acceptors (Lipinski definition) is 3. The molecule has 1 heterocycles. The van der Waals surface area contributed by atoms with Crippen molar-refractivity contribution in [3.05, 3.63) is 63.9 Å². The maximum Gasteiger partial charge on any atom is 0.407 e. The molecule has 5 heteroatoms. The monoisotopic (exact) mass is 388 g/mol. The Bertz CT molecular complexity index is 702. The third-order valence-electron chi connectivity index (χ3n) is 3.03. The van der Waals surface area contributed by atoms with Crippen molar-refractivity contribution in [3.8, 4) is 0 Å². The Kier molecular flexibility index (Phi) is 6.15. The molecule has 0 saturated carbocycles. The number of hydrogen-bond donors (Lipinski definition) is 1. The van der Waals surface area contributed by atoms with Gasteiger partial charge in [-0.15, -0.1) is 0 Å². The van der Waals surface area contributed by atoms with Crippen LogP contribution in [0.2, 0.25) is 0 Å². The van der Waals surface area contributed by atoms with Crippen LogP contribution in [0.4, 0.5) is 4.79 Å². The Labute approximate surface area is 151 Å². The van der Waals surface area contributed by atoms with E-state index in [-0.39, 0.29) is 0 Å². The molecule has 0 aliphatic carbocycles. The molecule has 1 amide bonds. The maximum atomic E-state index is 11.6. The molecule has 4 nitrogen and oxygen atoms in total. The molecule has 0 saturated heterocycles. The summed E-state index contributed by atoms with van der Waals surface area (Å²) in [5, 5.41) is 2.75. The number of aromatic nitrogens is 1. The van der Waals surface area contributed by atoms with E-state index in [9.17, 15) is 4.79 Å². The van der Waals surface area contributed by atoms with Gasteiger partial charge in [0.25, 0.3) is 0 Å². The molecule has 0 fully saturated rings. The van der Waals surface area contributed by atoms with Crippen molar-refractivity contribution in [2.24, 2.45) is 0 Å². The fourth-order valence-electron chi connectivity index (χ4n) is 1.91. The number of carbonyl (C=O) groups is 1. The van der Waals surface area contributed by atoms with Crippen molar-refractivity contribution in [2.45, 2.75) is 32.9 Å². The largest absolute Gasteiger partial charge is 0.444 e. The minimum Gasteiger partial charge on any atom is -0.444 e. The van der Waals surface area contributed by atoms with E-state index in [0.717, 1.165) is 21.3 Å². The Balaban J connectivity index is 1.88. The second kappa shape index (κ2) is 8.11. The number of amides is 1. The third kappa shape index (κ3) is 6.54. The first kappa shape index (κ1) is 18.2. The van der Waals surface area contributed by atoms with Crippen molar-refractivity contribution in [3.63, 3.8) is 0 Å². The van der Waals surface area contributed by atoms with Crippen LogP contribution in [-0.4, -0.2) is 16.7 Å². The standard InChI is InChI=1S/C19H21BrN2O2/c1-19(2,3)24-18(23)22-13-15-7-4-14(5-8-15)6-9-16-10-11-17(20)21-12-16/h4-12H,13H2,1-3H3,(H,22,23)/b9-6+. The zero-order chi connectivity index (χ0) is 17.6. The second-order valence-electron chi connectivity index (χ2n) is 6.34. The summed E-state index contributed by atoms with van der Waals surface area (Å²) < 4.78 is 6.03. The average Bonchev–Trinajstić information content (AvgIpc) is 2.52. The number of halogens is 1. The van der Waals surface area contributed by atoms with Crippen LogP contribution < -0.4 is 5.32 Å². The van der Waals surface area contributed by atoms with Gasteiger partial charge in [-0.3, -0.25) is 0 Å². The van der Waals surface area contributed by atoms with Gasteiger partial charge in [0.15, 0.2) is 0 Å². The lowest BCUT2D eigenvalue weighted by molar-refractivity contribution is 0.0523. The summed E-state index contributed by atoms with van der Waals surface area (Å²) in [5.41, 5.74) is 2.65. The summed E-state index contributed by atoms with van der Waals surface area (Å²) >= 11 is 3.32. The van der Waals surface area contributed by atoms with Crippen LogP contribution in [0.25, 0.3) is 12.2 Å². The summed E-state index contributed by atoms with van der Waals surface area (Å²) in [4.78, 5) is 15.8. The minimum atomic E-state index is -0.485. The van der Waals surface area contributed by atoms with Gasteiger partial charge in [-0.05, 0) is 59.5 Å². The zero-order valence-electron chi connectivity index (χ0n) is 14.0. The molecule has 0 unspecified atom stereocenters. The highest BCUT2D eigenvalue weighted by Crippen LogP contribution is 2.12. The van der Waals surface area contributed by atoms with Crippen LogP contribution >= 0.6 is 15.9 Å². The predicted octanol–water partition coefficient (Wildman–Crippen LogP) is 5.04. The predicted molar refractivity (Wildman–Crippen MR) is 100 cm³/mol. The van der Waals surface area contributed by atoms with Gasteiger partial charge in [0.05, 0.1) is 0 Å². The fourth-order valence-corrected chi connectivity index (χ4v) is 2.15. The number of rotatable bonds is 4. The number of ether oxygens (including phenoxy) is 1. The molecule has 0 radical (unpaired) electrons. The molecule has 2 rings (SSSR count). The lowest BCUT2D eigenvalue weighted by Gasteiger charge is -2.19. The molecule has 1 aromatic carbocycles. The van der Waals surface area contributed by atoms with E-state index in [0.29, 0.717) is 6.54 Å². The van der Waals surface area contributed by atoms with E-state index in [1.54, 1.807) is 6.20 Å². The Morgan fingerprint density at radius 1 is 1.12 bits per heavy atom. The molecule has 0 spiro atoms. The number of nitrogens with one attached hydrogen (secondary N) is 1. The van der Waals surface area contributed by atoms with Gasteiger partial charge < -0.3 is 10.1 Å². The van der Waals surface area contributed by atoms with Crippen molar-refractivity contribution in [1.82, 2.24) is 10.3 Å². The normalized spacial score (nSPS) is 11.5. The number of nitrogens with zero attached hydrogens (tertiary/aromatic N) is 1. The van der Waals surface area contributed by atoms with Gasteiger partial charge in [-0.2, -0.15) is 0 Å². The SMILES string of the molecule is CC(C)(C)OC(=O)NCc1ccc(/C=C/c2ccc(Br)nc2)cc1. The van der Waals surface area contributed by atoms with Crippen LogP contribution in [0.5, 0.6) is 0 Å². The molecule has 126 valence electrons. The van der Waals surface area contributed by atoms with E-state index < -0.39 is 11.7 Å². The summed E-state index contributed by atoms with van der Waals surface area (Å²) in [6.07, 6.45) is 5.43. The Morgan fingerprint density at radius 2 is 1.75 bits per heavy atom. The van der Waals surface area contributed by atoms with Gasteiger partial charge >= 0.3 is 6.09 Å². The summed E-state index contributed by atoms with van der Waals surface area (Å²) in [6.45, 7) is 5.97. The first-order valence-electron chi connectivity index (χ1n) is 7.67. The van der Waals surface area contributed by atoms with Crippen LogP contribution in [0.15, 0.2) is 47.2 Å². The highest BCUT2D eigenvalue weighted by molar-refractivity contribution is 9.10. The maximum absolute atomic E-state index is 11.6. The fraction of sp³-hybridized carbons (Fsp3) is 0.263. The van der Waals surface area contributed by atoms with Crippen LogP contribution in [0.1, 0.15) is 37.5 Å². The van der Waals surface area contributed by atoms with E-state index >= 15 is 0 Å². The second-order valence-corrected chi connectivity index (χ2v) is 7.16. The van der Waals surface area contributed by atoms with Gasteiger partial charge in [-0.1, -0.05) is 42.5 Å². The van der Waals surface area contributed by atoms with E-state index in [1.807, 2.05) is 69.3 Å². The van der Waals surface area contributed by atoms with Crippen LogP contribution in [-0.2, 0) is 11.3 Å². The van der Waals surface area contributed by atoms with Gasteiger partial charge in [0.2, 0.25) is 0 Å². The number of benzene rings is 1. The molecule has 0 atom stereocenters. The van der Waals surface area contributed by atoms with Crippen molar-refractivity contribution >= 4 is 34.2 Å². The summed E-state index contributed by atoms with van der Waals surface area (Å²) in [5.74, 6) is 0. The number of carbonyl (C=O) groups excluding carboxylic acids is 1. The first-order valence-corrected chi connectivity index (χ1v) is 8.46. The lowest BCUT2D eigenvalue weighted by atomic mass is 10.1. The van der Waals surface area contributed by atoms with Gasteiger partial charge in [-0.25, -0.2) is 9.78 Å². The molecule has 0 aliphatic rings. The average molecular weight is 389 g/mol. The van der Waals surface area contributed by atoms with Gasteiger partial charge in [0, 0.05) is 12.7 Å². The van der Waals surface area contributed by atoms with Crippen molar-refractivity contribution in [2.75, 3.05) is 0 Å². The summed E-state index contributed by atoms with van der Waals surface area (Å²) in [6, 6.07) is 11.9. The quantitative estimate of drug-likeness (QED) is 0.746. The molecule has 0 aliphatic heterocycles.